The average Bonchev–Trinajstić information content (AvgIpc) is 3.87. The molecule has 2 saturated heterocycles. The Labute approximate surface area is 368 Å². The summed E-state index contributed by atoms with van der Waals surface area (Å²) in [6.45, 7) is 0. The number of amides is 4. The van der Waals surface area contributed by atoms with Crippen LogP contribution in [-0.4, -0.2) is 43.7 Å². The largest absolute Gasteiger partial charge is 0.508 e. The lowest BCUT2D eigenvalue weighted by Crippen LogP contribution is -2.53. The fourth-order valence-corrected chi connectivity index (χ4v) is 10.6. The Kier molecular flexibility index (Phi) is 9.39. The van der Waals surface area contributed by atoms with Crippen LogP contribution in [0.4, 0.5) is 24.7 Å². The smallest absolute Gasteiger partial charge is 0.417 e. The molecule has 10 rings (SSSR count). The number of hydrogen-bond acceptors (Lipinski definition) is 9. The van der Waals surface area contributed by atoms with Crippen LogP contribution in [0.3, 0.4) is 0 Å². The van der Waals surface area contributed by atoms with E-state index in [1.807, 2.05) is 24.3 Å². The van der Waals surface area contributed by atoms with E-state index in [-0.39, 0.29) is 30.0 Å². The van der Waals surface area contributed by atoms with Crippen LogP contribution >= 0.6 is 39.1 Å². The molecule has 17 heteroatoms. The molecule has 2 aromatic heterocycles. The predicted octanol–water partition coefficient (Wildman–Crippen LogP) is 9.87. The molecule has 0 bridgehead atoms. The SMILES string of the molecule is O=C1C2CC3C(=CCC4C(=O)N(c5ccc(-c6nc7ccccc7o6)cc5)C(=O)C43)C(c3cc(Br)ccc3O)C2(c2ccc(Cl)cc2)C(=O)N1Nc1ncc(C(F)(F)F)cc1Cl. The van der Waals surface area contributed by atoms with E-state index in [1.54, 1.807) is 66.7 Å². The summed E-state index contributed by atoms with van der Waals surface area (Å²) >= 11 is 16.1. The van der Waals surface area contributed by atoms with Crippen molar-refractivity contribution in [3.8, 4) is 17.2 Å². The minimum Gasteiger partial charge on any atom is -0.508 e. The van der Waals surface area contributed by atoms with Gasteiger partial charge in [0.1, 0.15) is 11.3 Å². The van der Waals surface area contributed by atoms with Gasteiger partial charge in [-0.2, -0.15) is 18.2 Å². The summed E-state index contributed by atoms with van der Waals surface area (Å²) in [5.74, 6) is -7.68. The van der Waals surface area contributed by atoms with E-state index < -0.39 is 75.4 Å². The van der Waals surface area contributed by atoms with E-state index >= 15 is 4.79 Å². The second-order valence-electron chi connectivity index (χ2n) is 15.7. The van der Waals surface area contributed by atoms with Crippen LogP contribution in [0.1, 0.15) is 35.4 Å². The predicted molar refractivity (Wildman–Crippen MR) is 225 cm³/mol. The summed E-state index contributed by atoms with van der Waals surface area (Å²) in [6.07, 6.45) is -2.39. The molecule has 2 aliphatic carbocycles. The fraction of sp³-hybridized carbons (Fsp3) is 0.200. The number of halogens is 6. The molecule has 0 radical (unpaired) electrons. The number of oxazole rings is 1. The van der Waals surface area contributed by atoms with Crippen molar-refractivity contribution in [3.63, 3.8) is 0 Å². The molecule has 4 aliphatic rings. The summed E-state index contributed by atoms with van der Waals surface area (Å²) in [6, 6.07) is 25.7. The van der Waals surface area contributed by atoms with E-state index in [0.717, 1.165) is 4.90 Å². The van der Waals surface area contributed by atoms with Crippen LogP contribution in [-0.2, 0) is 30.8 Å². The number of imide groups is 2. The highest BCUT2D eigenvalue weighted by atomic mass is 79.9. The van der Waals surface area contributed by atoms with Gasteiger partial charge in [-0.15, -0.1) is 0 Å². The van der Waals surface area contributed by atoms with Gasteiger partial charge in [0.15, 0.2) is 11.4 Å². The molecular weight excluding hydrogens is 914 g/mol. The summed E-state index contributed by atoms with van der Waals surface area (Å²) in [7, 11) is 0. The number of nitrogens with one attached hydrogen (secondary N) is 1. The number of hydrogen-bond donors (Lipinski definition) is 2. The third-order valence-corrected chi connectivity index (χ3v) is 13.6. The Morgan fingerprint density at radius 3 is 2.34 bits per heavy atom. The maximum atomic E-state index is 15.4. The van der Waals surface area contributed by atoms with Crippen molar-refractivity contribution < 1.29 is 41.9 Å². The number of phenolic OH excluding ortho intramolecular Hbond substituents is 1. The number of carbonyl (C=O) groups is 4. The minimum absolute atomic E-state index is 0.0959. The number of phenols is 1. The highest BCUT2D eigenvalue weighted by Gasteiger charge is 2.70. The molecule has 6 unspecified atom stereocenters. The van der Waals surface area contributed by atoms with E-state index in [1.165, 1.54) is 6.07 Å². The molecule has 1 saturated carbocycles. The van der Waals surface area contributed by atoms with Gasteiger partial charge in [-0.1, -0.05) is 75.0 Å². The van der Waals surface area contributed by atoms with Crippen molar-refractivity contribution in [2.45, 2.75) is 30.4 Å². The molecule has 4 amide bonds. The fourth-order valence-electron chi connectivity index (χ4n) is 9.89. The standard InChI is InChI=1S/C45H29BrCl2F3N5O6/c46-24-9-16-34(57)30(18-24)37-27-14-15-28-36(42(60)55(40(28)58)26-12-5-21(6-13-26)39-53-33-3-1-2-4-35(33)62-39)29(27)19-31-41(59)56(43(61)44(31,37)22-7-10-25(47)11-8-22)54-38-32(48)17-23(20-52-38)45(49,50)51/h1-14,16-18,20,28-29,31,36-37,57H,15,19H2,(H,52,54). The Morgan fingerprint density at radius 2 is 1.63 bits per heavy atom. The van der Waals surface area contributed by atoms with Gasteiger partial charge in [-0.05, 0) is 97.1 Å². The summed E-state index contributed by atoms with van der Waals surface area (Å²) in [4.78, 5) is 69.1. The number of aromatic nitrogens is 2. The molecular formula is C45H29BrCl2F3N5O6. The molecule has 6 aromatic rings. The summed E-state index contributed by atoms with van der Waals surface area (Å²) < 4.78 is 47.1. The highest BCUT2D eigenvalue weighted by molar-refractivity contribution is 9.10. The molecule has 312 valence electrons. The topological polar surface area (TPSA) is 146 Å². The van der Waals surface area contributed by atoms with Gasteiger partial charge >= 0.3 is 6.18 Å². The van der Waals surface area contributed by atoms with Crippen LogP contribution in [0.15, 0.2) is 124 Å². The number of hydrazine groups is 1. The van der Waals surface area contributed by atoms with E-state index in [2.05, 4.69) is 31.3 Å². The lowest BCUT2D eigenvalue weighted by molar-refractivity contribution is -0.139. The lowest BCUT2D eigenvalue weighted by atomic mass is 9.49. The molecule has 62 heavy (non-hydrogen) atoms. The molecule has 0 spiro atoms. The Hall–Kier alpha value is -6.03. The van der Waals surface area contributed by atoms with Crippen molar-refractivity contribution in [2.75, 3.05) is 10.3 Å². The average molecular weight is 944 g/mol. The number of carbonyl (C=O) groups excluding carboxylic acids is 4. The Morgan fingerprint density at radius 1 is 0.887 bits per heavy atom. The first-order valence-electron chi connectivity index (χ1n) is 19.3. The first-order chi connectivity index (χ1) is 29.7. The van der Waals surface area contributed by atoms with Gasteiger partial charge < -0.3 is 9.52 Å². The van der Waals surface area contributed by atoms with Gasteiger partial charge in [0.2, 0.25) is 17.7 Å². The maximum absolute atomic E-state index is 15.4. The number of benzene rings is 4. The second-order valence-corrected chi connectivity index (χ2v) is 17.4. The summed E-state index contributed by atoms with van der Waals surface area (Å²) in [5, 5.41) is 12.2. The number of rotatable bonds is 6. The number of nitrogens with zero attached hydrogens (tertiary/aromatic N) is 4. The third kappa shape index (κ3) is 6.07. The number of para-hydroxylation sites is 2. The monoisotopic (exact) mass is 941 g/mol. The van der Waals surface area contributed by atoms with E-state index in [9.17, 15) is 32.7 Å². The van der Waals surface area contributed by atoms with Crippen molar-refractivity contribution in [2.24, 2.45) is 23.7 Å². The van der Waals surface area contributed by atoms with Crippen molar-refractivity contribution in [3.05, 3.63) is 146 Å². The molecule has 4 heterocycles. The van der Waals surface area contributed by atoms with E-state index in [0.29, 0.717) is 66.1 Å². The maximum Gasteiger partial charge on any atom is 0.417 e. The molecule has 2 aliphatic heterocycles. The van der Waals surface area contributed by atoms with Crippen LogP contribution in [0.2, 0.25) is 10.0 Å². The molecule has 6 atom stereocenters. The number of pyridine rings is 1. The van der Waals surface area contributed by atoms with Crippen LogP contribution in [0.25, 0.3) is 22.6 Å². The first kappa shape index (κ1) is 40.1. The Bertz CT molecular complexity index is 2890. The van der Waals surface area contributed by atoms with Gasteiger partial charge in [0.25, 0.3) is 11.8 Å². The number of aromatic hydroxyl groups is 1. The molecule has 3 fully saturated rings. The highest BCUT2D eigenvalue weighted by Crippen LogP contribution is 2.65. The number of allylic oxidation sites excluding steroid dienone is 2. The zero-order chi connectivity index (χ0) is 43.4. The van der Waals surface area contributed by atoms with E-state index in [4.69, 9.17) is 27.6 Å². The number of anilines is 2. The number of fused-ring (bicyclic) bond motifs is 5. The zero-order valence-corrected chi connectivity index (χ0v) is 34.8. The minimum atomic E-state index is -4.77. The van der Waals surface area contributed by atoms with Crippen molar-refractivity contribution in [1.82, 2.24) is 15.0 Å². The molecule has 2 N–H and O–H groups in total. The van der Waals surface area contributed by atoms with Gasteiger partial charge in [-0.25, -0.2) is 9.97 Å². The van der Waals surface area contributed by atoms with Crippen molar-refractivity contribution in [1.29, 1.82) is 0 Å². The Balaban J connectivity index is 1.08. The quantitative estimate of drug-likeness (QED) is 0.123. The summed E-state index contributed by atoms with van der Waals surface area (Å²) in [5.41, 5.74) is 3.04. The van der Waals surface area contributed by atoms with Gasteiger partial charge in [-0.3, -0.25) is 29.5 Å². The normalized spacial score (nSPS) is 24.6. The zero-order valence-electron chi connectivity index (χ0n) is 31.7. The molecule has 11 nitrogen and oxygen atoms in total. The second kappa shape index (κ2) is 14.5. The van der Waals surface area contributed by atoms with Gasteiger partial charge in [0, 0.05) is 32.7 Å². The number of alkyl halides is 3. The molecule has 4 aromatic carbocycles. The van der Waals surface area contributed by atoms with Crippen LogP contribution in [0.5, 0.6) is 5.75 Å². The van der Waals surface area contributed by atoms with Gasteiger partial charge in [0.05, 0.1) is 39.4 Å². The lowest BCUT2D eigenvalue weighted by Gasteiger charge is -2.50. The van der Waals surface area contributed by atoms with Crippen LogP contribution in [0, 0.1) is 23.7 Å². The van der Waals surface area contributed by atoms with Crippen LogP contribution < -0.4 is 10.3 Å². The first-order valence-corrected chi connectivity index (χ1v) is 20.9. The van der Waals surface area contributed by atoms with Crippen molar-refractivity contribution >= 4 is 85.4 Å². The third-order valence-electron chi connectivity index (χ3n) is 12.5.